The molecular weight excluding hydrogens is 284 g/mol. The van der Waals surface area contributed by atoms with Gasteiger partial charge in [0.2, 0.25) is 0 Å². The van der Waals surface area contributed by atoms with Gasteiger partial charge >= 0.3 is 0 Å². The molecule has 3 aromatic rings. The van der Waals surface area contributed by atoms with E-state index in [9.17, 15) is 0 Å². The van der Waals surface area contributed by atoms with Gasteiger partial charge in [-0.05, 0) is 24.6 Å². The molecule has 1 aromatic heterocycles. The highest BCUT2D eigenvalue weighted by molar-refractivity contribution is 5.68. The van der Waals surface area contributed by atoms with Crippen molar-refractivity contribution >= 4 is 5.82 Å². The summed E-state index contributed by atoms with van der Waals surface area (Å²) in [6, 6.07) is 20.0. The molecule has 0 bridgehead atoms. The summed E-state index contributed by atoms with van der Waals surface area (Å²) >= 11 is 0. The van der Waals surface area contributed by atoms with Crippen LogP contribution in [0.1, 0.15) is 16.7 Å². The van der Waals surface area contributed by atoms with E-state index in [0.29, 0.717) is 12.1 Å². The Morgan fingerprint density at radius 3 is 2.65 bits per heavy atom. The summed E-state index contributed by atoms with van der Waals surface area (Å²) in [4.78, 5) is 0. The van der Waals surface area contributed by atoms with Gasteiger partial charge in [0.1, 0.15) is 5.82 Å². The third kappa shape index (κ3) is 3.09. The molecule has 0 radical (unpaired) electrons. The second-order valence-corrected chi connectivity index (χ2v) is 5.48. The SMILES string of the molecule is Cc1c(-c2ccccc2)nn(C)c1NCc1cccc(C#N)c1. The number of nitrogens with zero attached hydrogens (tertiary/aromatic N) is 3. The summed E-state index contributed by atoms with van der Waals surface area (Å²) in [5.41, 5.74) is 4.97. The Hall–Kier alpha value is -3.06. The quantitative estimate of drug-likeness (QED) is 0.795. The van der Waals surface area contributed by atoms with Crippen molar-refractivity contribution in [2.45, 2.75) is 13.5 Å². The van der Waals surface area contributed by atoms with Crippen molar-refractivity contribution in [1.82, 2.24) is 9.78 Å². The Morgan fingerprint density at radius 2 is 1.91 bits per heavy atom. The predicted octanol–water partition coefficient (Wildman–Crippen LogP) is 3.88. The molecule has 23 heavy (non-hydrogen) atoms. The lowest BCUT2D eigenvalue weighted by molar-refractivity contribution is 0.771. The first kappa shape index (κ1) is 14.9. The molecule has 3 rings (SSSR count). The molecule has 0 unspecified atom stereocenters. The second-order valence-electron chi connectivity index (χ2n) is 5.48. The maximum atomic E-state index is 8.98. The number of rotatable bonds is 4. The van der Waals surface area contributed by atoms with Gasteiger partial charge in [0.05, 0.1) is 17.3 Å². The monoisotopic (exact) mass is 302 g/mol. The maximum Gasteiger partial charge on any atom is 0.127 e. The number of aryl methyl sites for hydroxylation is 1. The predicted molar refractivity (Wildman–Crippen MR) is 91.9 cm³/mol. The largest absolute Gasteiger partial charge is 0.366 e. The fraction of sp³-hybridized carbons (Fsp3) is 0.158. The lowest BCUT2D eigenvalue weighted by Crippen LogP contribution is -2.05. The van der Waals surface area contributed by atoms with Gasteiger partial charge in [0, 0.05) is 24.7 Å². The molecule has 0 amide bonds. The molecule has 0 saturated carbocycles. The molecule has 1 heterocycles. The van der Waals surface area contributed by atoms with Crippen LogP contribution >= 0.6 is 0 Å². The van der Waals surface area contributed by atoms with Crippen molar-refractivity contribution < 1.29 is 0 Å². The van der Waals surface area contributed by atoms with Crippen LogP contribution in [0, 0.1) is 18.3 Å². The first-order valence-corrected chi connectivity index (χ1v) is 7.51. The summed E-state index contributed by atoms with van der Waals surface area (Å²) in [7, 11) is 1.94. The number of hydrogen-bond acceptors (Lipinski definition) is 3. The average molecular weight is 302 g/mol. The van der Waals surface area contributed by atoms with Crippen LogP contribution in [0.3, 0.4) is 0 Å². The summed E-state index contributed by atoms with van der Waals surface area (Å²) in [5, 5.41) is 17.0. The van der Waals surface area contributed by atoms with Crippen molar-refractivity contribution in [3.63, 3.8) is 0 Å². The highest BCUT2D eigenvalue weighted by atomic mass is 15.3. The van der Waals surface area contributed by atoms with Crippen molar-refractivity contribution in [2.75, 3.05) is 5.32 Å². The molecule has 0 aliphatic carbocycles. The molecule has 0 aliphatic heterocycles. The van der Waals surface area contributed by atoms with Crippen LogP contribution in [0.2, 0.25) is 0 Å². The zero-order chi connectivity index (χ0) is 16.2. The smallest absolute Gasteiger partial charge is 0.127 e. The second kappa shape index (κ2) is 6.37. The van der Waals surface area contributed by atoms with E-state index in [1.807, 2.05) is 54.2 Å². The normalized spacial score (nSPS) is 10.3. The molecular formula is C19H18N4. The van der Waals surface area contributed by atoms with Crippen LogP contribution in [0.4, 0.5) is 5.82 Å². The van der Waals surface area contributed by atoms with Crippen LogP contribution in [0.25, 0.3) is 11.3 Å². The first-order valence-electron chi connectivity index (χ1n) is 7.51. The van der Waals surface area contributed by atoms with Gasteiger partial charge < -0.3 is 5.32 Å². The summed E-state index contributed by atoms with van der Waals surface area (Å²) < 4.78 is 1.87. The lowest BCUT2D eigenvalue weighted by Gasteiger charge is -2.08. The molecule has 4 heteroatoms. The van der Waals surface area contributed by atoms with Crippen LogP contribution in [0.15, 0.2) is 54.6 Å². The summed E-state index contributed by atoms with van der Waals surface area (Å²) in [5.74, 6) is 0.992. The fourth-order valence-electron chi connectivity index (χ4n) is 2.68. The van der Waals surface area contributed by atoms with Crippen molar-refractivity contribution in [3.8, 4) is 17.3 Å². The Morgan fingerprint density at radius 1 is 1.13 bits per heavy atom. The van der Waals surface area contributed by atoms with Gasteiger partial charge in [-0.2, -0.15) is 10.4 Å². The highest BCUT2D eigenvalue weighted by Gasteiger charge is 2.13. The van der Waals surface area contributed by atoms with Gasteiger partial charge in [-0.1, -0.05) is 42.5 Å². The molecule has 0 atom stereocenters. The van der Waals surface area contributed by atoms with Gasteiger partial charge in [-0.15, -0.1) is 0 Å². The number of nitrogens with one attached hydrogen (secondary N) is 1. The fourth-order valence-corrected chi connectivity index (χ4v) is 2.68. The molecule has 4 nitrogen and oxygen atoms in total. The summed E-state index contributed by atoms with van der Waals surface area (Å²) in [6.07, 6.45) is 0. The Balaban J connectivity index is 1.84. The van der Waals surface area contributed by atoms with Crippen molar-refractivity contribution in [2.24, 2.45) is 7.05 Å². The van der Waals surface area contributed by atoms with Crippen LogP contribution in [0.5, 0.6) is 0 Å². The number of anilines is 1. The minimum absolute atomic E-state index is 0.657. The van der Waals surface area contributed by atoms with Gasteiger partial charge in [0.15, 0.2) is 0 Å². The minimum Gasteiger partial charge on any atom is -0.366 e. The van der Waals surface area contributed by atoms with E-state index in [4.69, 9.17) is 5.26 Å². The van der Waals surface area contributed by atoms with E-state index >= 15 is 0 Å². The summed E-state index contributed by atoms with van der Waals surface area (Å²) in [6.45, 7) is 2.73. The van der Waals surface area contributed by atoms with E-state index in [0.717, 1.165) is 28.2 Å². The first-order chi connectivity index (χ1) is 11.2. The molecule has 0 saturated heterocycles. The number of aromatic nitrogens is 2. The van der Waals surface area contributed by atoms with Crippen LogP contribution < -0.4 is 5.32 Å². The number of nitriles is 1. The lowest BCUT2D eigenvalue weighted by atomic mass is 10.1. The zero-order valence-corrected chi connectivity index (χ0v) is 13.2. The zero-order valence-electron chi connectivity index (χ0n) is 13.2. The highest BCUT2D eigenvalue weighted by Crippen LogP contribution is 2.27. The van der Waals surface area contributed by atoms with E-state index in [1.54, 1.807) is 0 Å². The Labute approximate surface area is 136 Å². The molecule has 0 aliphatic rings. The van der Waals surface area contributed by atoms with Gasteiger partial charge in [0.25, 0.3) is 0 Å². The van der Waals surface area contributed by atoms with E-state index in [-0.39, 0.29) is 0 Å². The molecule has 1 N–H and O–H groups in total. The molecule has 114 valence electrons. The third-order valence-corrected chi connectivity index (χ3v) is 3.85. The number of hydrogen-bond donors (Lipinski definition) is 1. The van der Waals surface area contributed by atoms with Crippen molar-refractivity contribution in [1.29, 1.82) is 5.26 Å². The maximum absolute atomic E-state index is 8.98. The van der Waals surface area contributed by atoms with Gasteiger partial charge in [-0.25, -0.2) is 0 Å². The third-order valence-electron chi connectivity index (χ3n) is 3.85. The number of benzene rings is 2. The Kier molecular flexibility index (Phi) is 4.11. The van der Waals surface area contributed by atoms with E-state index in [2.05, 4.69) is 35.5 Å². The van der Waals surface area contributed by atoms with Crippen LogP contribution in [-0.2, 0) is 13.6 Å². The molecule has 0 fully saturated rings. The van der Waals surface area contributed by atoms with Crippen molar-refractivity contribution in [3.05, 3.63) is 71.3 Å². The minimum atomic E-state index is 0.657. The molecule has 2 aromatic carbocycles. The van der Waals surface area contributed by atoms with E-state index in [1.165, 1.54) is 0 Å². The average Bonchev–Trinajstić information content (AvgIpc) is 2.88. The topological polar surface area (TPSA) is 53.6 Å². The standard InChI is InChI=1S/C19H18N4/c1-14-18(17-9-4-3-5-10-17)22-23(2)19(14)21-13-16-8-6-7-15(11-16)12-20/h3-11,21H,13H2,1-2H3. The Bertz CT molecular complexity index is 857. The van der Waals surface area contributed by atoms with Crippen LogP contribution in [-0.4, -0.2) is 9.78 Å². The van der Waals surface area contributed by atoms with E-state index < -0.39 is 0 Å². The molecule has 0 spiro atoms. The van der Waals surface area contributed by atoms with Gasteiger partial charge in [-0.3, -0.25) is 4.68 Å².